The number of hydrogen-bond donors (Lipinski definition) is 2. The molecule has 5 nitrogen and oxygen atoms in total. The van der Waals surface area contributed by atoms with Crippen molar-refractivity contribution in [1.82, 2.24) is 10.6 Å². The van der Waals surface area contributed by atoms with E-state index in [-0.39, 0.29) is 6.04 Å². The molecule has 1 atom stereocenters. The van der Waals surface area contributed by atoms with Gasteiger partial charge in [0.2, 0.25) is 0 Å². The van der Waals surface area contributed by atoms with Crippen molar-refractivity contribution >= 4 is 21.9 Å². The Kier molecular flexibility index (Phi) is 8.15. The number of methoxy groups -OCH3 is 2. The van der Waals surface area contributed by atoms with Crippen molar-refractivity contribution < 1.29 is 9.47 Å². The minimum Gasteiger partial charge on any atom is -0.496 e. The van der Waals surface area contributed by atoms with Crippen LogP contribution in [-0.4, -0.2) is 39.4 Å². The highest BCUT2D eigenvalue weighted by Crippen LogP contribution is 2.23. The predicted octanol–water partition coefficient (Wildman–Crippen LogP) is 2.55. The Morgan fingerprint density at radius 3 is 2.76 bits per heavy atom. The second-order valence-corrected chi connectivity index (χ2v) is 5.57. The third-order valence-corrected chi connectivity index (χ3v) is 3.29. The van der Waals surface area contributed by atoms with Crippen molar-refractivity contribution in [2.75, 3.05) is 27.4 Å². The molecule has 0 radical (unpaired) electrons. The van der Waals surface area contributed by atoms with E-state index < -0.39 is 0 Å². The van der Waals surface area contributed by atoms with Gasteiger partial charge in [-0.05, 0) is 32.0 Å². The topological polar surface area (TPSA) is 54.9 Å². The maximum absolute atomic E-state index is 5.36. The summed E-state index contributed by atoms with van der Waals surface area (Å²) in [6.45, 7) is 6.07. The normalized spacial score (nSPS) is 12.9. The van der Waals surface area contributed by atoms with Crippen LogP contribution in [0.25, 0.3) is 0 Å². The van der Waals surface area contributed by atoms with E-state index in [1.807, 2.05) is 25.1 Å². The number of ether oxygens (including phenoxy) is 2. The number of aliphatic imine (C=N–C) groups is 1. The fraction of sp³-hybridized carbons (Fsp3) is 0.533. The number of rotatable bonds is 7. The number of nitrogens with one attached hydrogen (secondary N) is 2. The van der Waals surface area contributed by atoms with Crippen LogP contribution in [0.1, 0.15) is 19.4 Å². The van der Waals surface area contributed by atoms with Gasteiger partial charge in [0.25, 0.3) is 0 Å². The summed E-state index contributed by atoms with van der Waals surface area (Å²) in [5.74, 6) is 1.60. The van der Waals surface area contributed by atoms with Gasteiger partial charge in [0.1, 0.15) is 5.75 Å². The summed E-state index contributed by atoms with van der Waals surface area (Å²) < 4.78 is 11.5. The van der Waals surface area contributed by atoms with Gasteiger partial charge in [-0.1, -0.05) is 15.9 Å². The van der Waals surface area contributed by atoms with E-state index in [0.717, 1.165) is 28.3 Å². The van der Waals surface area contributed by atoms with Gasteiger partial charge in [0, 0.05) is 29.7 Å². The first kappa shape index (κ1) is 17.8. The highest BCUT2D eigenvalue weighted by Gasteiger charge is 2.06. The Labute approximate surface area is 135 Å². The predicted molar refractivity (Wildman–Crippen MR) is 90.0 cm³/mol. The Morgan fingerprint density at radius 2 is 2.14 bits per heavy atom. The summed E-state index contributed by atoms with van der Waals surface area (Å²) in [6, 6.07) is 6.10. The van der Waals surface area contributed by atoms with E-state index in [1.165, 1.54) is 0 Å². The van der Waals surface area contributed by atoms with Crippen LogP contribution in [0.3, 0.4) is 0 Å². The molecule has 0 bridgehead atoms. The summed E-state index contributed by atoms with van der Waals surface area (Å²) in [5.41, 5.74) is 1.03. The van der Waals surface area contributed by atoms with Gasteiger partial charge in [-0.25, -0.2) is 4.99 Å². The SMILES string of the molecule is CCNC(=NCc1cc(Br)ccc1OC)NC(C)COC. The van der Waals surface area contributed by atoms with Crippen molar-refractivity contribution in [2.24, 2.45) is 4.99 Å². The van der Waals surface area contributed by atoms with Crippen LogP contribution in [0.4, 0.5) is 0 Å². The summed E-state index contributed by atoms with van der Waals surface area (Å²) in [6.07, 6.45) is 0. The third kappa shape index (κ3) is 6.35. The number of benzene rings is 1. The first-order chi connectivity index (χ1) is 10.1. The molecule has 1 aromatic carbocycles. The molecule has 0 heterocycles. The summed E-state index contributed by atoms with van der Waals surface area (Å²) in [4.78, 5) is 4.59. The van der Waals surface area contributed by atoms with Crippen molar-refractivity contribution in [3.05, 3.63) is 28.2 Å². The van der Waals surface area contributed by atoms with Gasteiger partial charge in [0.05, 0.1) is 20.3 Å². The smallest absolute Gasteiger partial charge is 0.191 e. The highest BCUT2D eigenvalue weighted by atomic mass is 79.9. The van der Waals surface area contributed by atoms with E-state index in [2.05, 4.69) is 38.5 Å². The van der Waals surface area contributed by atoms with Crippen LogP contribution >= 0.6 is 15.9 Å². The zero-order chi connectivity index (χ0) is 15.7. The molecule has 0 spiro atoms. The second kappa shape index (κ2) is 9.63. The first-order valence-corrected chi connectivity index (χ1v) is 7.76. The monoisotopic (exact) mass is 357 g/mol. The van der Waals surface area contributed by atoms with Gasteiger partial charge < -0.3 is 20.1 Å². The molecule has 118 valence electrons. The van der Waals surface area contributed by atoms with E-state index >= 15 is 0 Å². The Bertz CT molecular complexity index is 466. The van der Waals surface area contributed by atoms with Crippen LogP contribution in [0.2, 0.25) is 0 Å². The standard InChI is InChI=1S/C15H24BrN3O2/c1-5-17-15(19-11(2)10-20-3)18-9-12-8-13(16)6-7-14(12)21-4/h6-8,11H,5,9-10H2,1-4H3,(H2,17,18,19). The quantitative estimate of drug-likeness (QED) is 0.581. The Hall–Kier alpha value is -1.27. The fourth-order valence-corrected chi connectivity index (χ4v) is 2.29. The number of guanidine groups is 1. The zero-order valence-corrected chi connectivity index (χ0v) is 14.7. The van der Waals surface area contributed by atoms with Crippen LogP contribution in [0.15, 0.2) is 27.7 Å². The minimum absolute atomic E-state index is 0.192. The zero-order valence-electron chi connectivity index (χ0n) is 13.1. The average Bonchev–Trinajstić information content (AvgIpc) is 2.45. The molecule has 1 aromatic rings. The lowest BCUT2D eigenvalue weighted by Crippen LogP contribution is -2.43. The average molecular weight is 358 g/mol. The molecule has 0 saturated carbocycles. The van der Waals surface area contributed by atoms with Gasteiger partial charge in [0.15, 0.2) is 5.96 Å². The molecule has 0 fully saturated rings. The molecule has 1 unspecified atom stereocenters. The number of nitrogens with zero attached hydrogens (tertiary/aromatic N) is 1. The number of halogens is 1. The highest BCUT2D eigenvalue weighted by molar-refractivity contribution is 9.10. The van der Waals surface area contributed by atoms with Gasteiger partial charge >= 0.3 is 0 Å². The van der Waals surface area contributed by atoms with Crippen molar-refractivity contribution in [3.8, 4) is 5.75 Å². The van der Waals surface area contributed by atoms with Crippen LogP contribution in [0, 0.1) is 0 Å². The van der Waals surface area contributed by atoms with E-state index in [1.54, 1.807) is 14.2 Å². The largest absolute Gasteiger partial charge is 0.496 e. The molecule has 21 heavy (non-hydrogen) atoms. The minimum atomic E-state index is 0.192. The van der Waals surface area contributed by atoms with E-state index in [4.69, 9.17) is 9.47 Å². The van der Waals surface area contributed by atoms with Gasteiger partial charge in [-0.2, -0.15) is 0 Å². The maximum atomic E-state index is 5.36. The van der Waals surface area contributed by atoms with Crippen molar-refractivity contribution in [2.45, 2.75) is 26.4 Å². The maximum Gasteiger partial charge on any atom is 0.191 e. The number of hydrogen-bond acceptors (Lipinski definition) is 3. The second-order valence-electron chi connectivity index (χ2n) is 4.65. The Balaban J connectivity index is 2.79. The molecule has 0 aromatic heterocycles. The molecule has 6 heteroatoms. The van der Waals surface area contributed by atoms with Crippen LogP contribution in [0.5, 0.6) is 5.75 Å². The summed E-state index contributed by atoms with van der Waals surface area (Å²) >= 11 is 3.47. The molecule has 0 aliphatic carbocycles. The van der Waals surface area contributed by atoms with Gasteiger partial charge in [-0.3, -0.25) is 0 Å². The van der Waals surface area contributed by atoms with Crippen LogP contribution in [-0.2, 0) is 11.3 Å². The molecular weight excluding hydrogens is 334 g/mol. The fourth-order valence-electron chi connectivity index (χ4n) is 1.88. The molecular formula is C15H24BrN3O2. The summed E-state index contributed by atoms with van der Waals surface area (Å²) in [7, 11) is 3.36. The lowest BCUT2D eigenvalue weighted by molar-refractivity contribution is 0.179. The molecule has 1 rings (SSSR count). The first-order valence-electron chi connectivity index (χ1n) is 6.96. The van der Waals surface area contributed by atoms with E-state index in [0.29, 0.717) is 13.2 Å². The summed E-state index contributed by atoms with van der Waals surface area (Å²) in [5, 5.41) is 6.53. The van der Waals surface area contributed by atoms with Crippen LogP contribution < -0.4 is 15.4 Å². The van der Waals surface area contributed by atoms with Gasteiger partial charge in [-0.15, -0.1) is 0 Å². The lowest BCUT2D eigenvalue weighted by Gasteiger charge is -2.17. The lowest BCUT2D eigenvalue weighted by atomic mass is 10.2. The third-order valence-electron chi connectivity index (χ3n) is 2.79. The van der Waals surface area contributed by atoms with E-state index in [9.17, 15) is 0 Å². The molecule has 0 amide bonds. The van der Waals surface area contributed by atoms with Crippen molar-refractivity contribution in [1.29, 1.82) is 0 Å². The molecule has 2 N–H and O–H groups in total. The molecule has 0 aliphatic heterocycles. The van der Waals surface area contributed by atoms with Crippen molar-refractivity contribution in [3.63, 3.8) is 0 Å². The molecule has 0 saturated heterocycles. The molecule has 0 aliphatic rings. The Morgan fingerprint density at radius 1 is 1.38 bits per heavy atom.